The zero-order valence-corrected chi connectivity index (χ0v) is 12.2. The van der Waals surface area contributed by atoms with E-state index in [2.05, 4.69) is 26.8 Å². The fraction of sp³-hybridized carbons (Fsp3) is 0.800. The van der Waals surface area contributed by atoms with Gasteiger partial charge in [-0.15, -0.1) is 0 Å². The number of hydrogen-bond donors (Lipinski definition) is 1. The average molecular weight is 253 g/mol. The van der Waals surface area contributed by atoms with E-state index in [9.17, 15) is 4.79 Å². The summed E-state index contributed by atoms with van der Waals surface area (Å²) in [6.45, 7) is 8.65. The minimum atomic E-state index is -0.0938. The monoisotopic (exact) mass is 253 g/mol. The molecule has 3 heteroatoms. The standard InChI is InChI=1S/C15H27NO2/c1-5-13-8-11(9-14(17)18-13)6-7-12(16)10-15(2,3)4/h6,12-13H,5,7-10,16H2,1-4H3/b11-6-. The van der Waals surface area contributed by atoms with E-state index in [0.29, 0.717) is 6.42 Å². The topological polar surface area (TPSA) is 52.3 Å². The first kappa shape index (κ1) is 15.2. The molecule has 1 heterocycles. The molecule has 2 unspecified atom stereocenters. The number of nitrogens with two attached hydrogens (primary N) is 1. The summed E-state index contributed by atoms with van der Waals surface area (Å²) in [7, 11) is 0. The van der Waals surface area contributed by atoms with E-state index in [0.717, 1.165) is 25.7 Å². The first-order valence-electron chi connectivity index (χ1n) is 6.93. The maximum Gasteiger partial charge on any atom is 0.310 e. The Morgan fingerprint density at radius 2 is 2.17 bits per heavy atom. The van der Waals surface area contributed by atoms with Crippen molar-refractivity contribution in [2.24, 2.45) is 11.1 Å². The fourth-order valence-electron chi connectivity index (χ4n) is 2.39. The van der Waals surface area contributed by atoms with Crippen molar-refractivity contribution in [3.8, 4) is 0 Å². The lowest BCUT2D eigenvalue weighted by Gasteiger charge is -2.25. The smallest absolute Gasteiger partial charge is 0.310 e. The molecule has 1 fully saturated rings. The Morgan fingerprint density at radius 1 is 1.50 bits per heavy atom. The van der Waals surface area contributed by atoms with Gasteiger partial charge in [0.15, 0.2) is 0 Å². The molecule has 1 aliphatic rings. The molecule has 0 aromatic carbocycles. The molecule has 0 aromatic rings. The Labute approximate surface area is 111 Å². The van der Waals surface area contributed by atoms with Crippen molar-refractivity contribution in [3.63, 3.8) is 0 Å². The molecule has 0 aliphatic carbocycles. The molecule has 1 saturated heterocycles. The Bertz CT molecular complexity index is 315. The molecule has 1 rings (SSSR count). The van der Waals surface area contributed by atoms with Crippen molar-refractivity contribution < 1.29 is 9.53 Å². The Balaban J connectivity index is 2.48. The lowest BCUT2D eigenvalue weighted by Crippen LogP contribution is -2.27. The predicted molar refractivity (Wildman–Crippen MR) is 74.2 cm³/mol. The number of carbonyl (C=O) groups excluding carboxylic acids is 1. The molecule has 0 spiro atoms. The molecular formula is C15H27NO2. The normalized spacial score (nSPS) is 25.1. The lowest BCUT2D eigenvalue weighted by molar-refractivity contribution is -0.151. The number of hydrogen-bond acceptors (Lipinski definition) is 3. The average Bonchev–Trinajstić information content (AvgIpc) is 2.23. The van der Waals surface area contributed by atoms with Crippen LogP contribution >= 0.6 is 0 Å². The largest absolute Gasteiger partial charge is 0.462 e. The van der Waals surface area contributed by atoms with Gasteiger partial charge in [-0.3, -0.25) is 4.79 Å². The maximum atomic E-state index is 11.4. The van der Waals surface area contributed by atoms with Gasteiger partial charge in [-0.1, -0.05) is 39.3 Å². The molecule has 0 aromatic heterocycles. The Kier molecular flexibility index (Phi) is 5.39. The van der Waals surface area contributed by atoms with E-state index >= 15 is 0 Å². The van der Waals surface area contributed by atoms with Crippen LogP contribution in [0.5, 0.6) is 0 Å². The van der Waals surface area contributed by atoms with Crippen molar-refractivity contribution in [2.75, 3.05) is 0 Å². The number of esters is 1. The van der Waals surface area contributed by atoms with Gasteiger partial charge in [0.2, 0.25) is 0 Å². The highest BCUT2D eigenvalue weighted by Crippen LogP contribution is 2.25. The fourth-order valence-corrected chi connectivity index (χ4v) is 2.39. The van der Waals surface area contributed by atoms with Crippen LogP contribution in [0.4, 0.5) is 0 Å². The van der Waals surface area contributed by atoms with E-state index in [1.54, 1.807) is 0 Å². The molecule has 0 saturated carbocycles. The molecule has 104 valence electrons. The minimum Gasteiger partial charge on any atom is -0.462 e. The third kappa shape index (κ3) is 5.67. The second kappa shape index (κ2) is 6.37. The number of carbonyl (C=O) groups is 1. The minimum absolute atomic E-state index is 0.0661. The van der Waals surface area contributed by atoms with Crippen LogP contribution in [-0.4, -0.2) is 18.1 Å². The number of rotatable bonds is 4. The Morgan fingerprint density at radius 3 is 2.72 bits per heavy atom. The summed E-state index contributed by atoms with van der Waals surface area (Å²) in [5.41, 5.74) is 7.57. The van der Waals surface area contributed by atoms with Crippen LogP contribution in [0, 0.1) is 5.41 Å². The van der Waals surface area contributed by atoms with Gasteiger partial charge < -0.3 is 10.5 Å². The molecule has 2 atom stereocenters. The summed E-state index contributed by atoms with van der Waals surface area (Å²) in [5, 5.41) is 0. The molecule has 2 N–H and O–H groups in total. The van der Waals surface area contributed by atoms with Gasteiger partial charge in [0.25, 0.3) is 0 Å². The third-order valence-corrected chi connectivity index (χ3v) is 3.20. The summed E-state index contributed by atoms with van der Waals surface area (Å²) in [4.78, 5) is 11.4. The number of cyclic esters (lactones) is 1. The van der Waals surface area contributed by atoms with E-state index in [4.69, 9.17) is 10.5 Å². The van der Waals surface area contributed by atoms with Gasteiger partial charge in [0.1, 0.15) is 6.10 Å². The van der Waals surface area contributed by atoms with Crippen molar-refractivity contribution in [1.29, 1.82) is 0 Å². The summed E-state index contributed by atoms with van der Waals surface area (Å²) >= 11 is 0. The molecular weight excluding hydrogens is 226 g/mol. The lowest BCUT2D eigenvalue weighted by atomic mass is 9.87. The molecule has 0 radical (unpaired) electrons. The van der Waals surface area contributed by atoms with Crippen molar-refractivity contribution in [2.45, 2.75) is 71.9 Å². The SMILES string of the molecule is CCC1C/C(=C/CC(N)CC(C)(C)C)CC(=O)O1. The van der Waals surface area contributed by atoms with Gasteiger partial charge in [-0.05, 0) is 24.7 Å². The Hall–Kier alpha value is -0.830. The first-order valence-corrected chi connectivity index (χ1v) is 6.93. The van der Waals surface area contributed by atoms with Crippen LogP contribution in [0.2, 0.25) is 0 Å². The second-order valence-corrected chi connectivity index (χ2v) is 6.52. The molecule has 0 bridgehead atoms. The van der Waals surface area contributed by atoms with E-state index in [1.165, 1.54) is 5.57 Å². The van der Waals surface area contributed by atoms with Crippen LogP contribution in [0.25, 0.3) is 0 Å². The highest BCUT2D eigenvalue weighted by Gasteiger charge is 2.22. The number of ether oxygens (including phenoxy) is 1. The molecule has 3 nitrogen and oxygen atoms in total. The van der Waals surface area contributed by atoms with Crippen LogP contribution in [0.1, 0.15) is 59.8 Å². The summed E-state index contributed by atoms with van der Waals surface area (Å²) < 4.78 is 5.24. The van der Waals surface area contributed by atoms with Crippen LogP contribution in [0.15, 0.2) is 11.6 Å². The van der Waals surface area contributed by atoms with Gasteiger partial charge in [0.05, 0.1) is 6.42 Å². The van der Waals surface area contributed by atoms with Crippen molar-refractivity contribution in [1.82, 2.24) is 0 Å². The summed E-state index contributed by atoms with van der Waals surface area (Å²) in [6.07, 6.45) is 6.28. The van der Waals surface area contributed by atoms with Crippen LogP contribution < -0.4 is 5.73 Å². The van der Waals surface area contributed by atoms with E-state index in [1.807, 2.05) is 6.92 Å². The molecule has 18 heavy (non-hydrogen) atoms. The molecule has 1 aliphatic heterocycles. The van der Waals surface area contributed by atoms with Gasteiger partial charge in [-0.2, -0.15) is 0 Å². The van der Waals surface area contributed by atoms with Crippen LogP contribution in [0.3, 0.4) is 0 Å². The zero-order chi connectivity index (χ0) is 13.8. The van der Waals surface area contributed by atoms with Crippen molar-refractivity contribution >= 4 is 5.97 Å². The quantitative estimate of drug-likeness (QED) is 0.618. The van der Waals surface area contributed by atoms with E-state index in [-0.39, 0.29) is 23.5 Å². The zero-order valence-electron chi connectivity index (χ0n) is 12.2. The second-order valence-electron chi connectivity index (χ2n) is 6.52. The van der Waals surface area contributed by atoms with Crippen LogP contribution in [-0.2, 0) is 9.53 Å². The third-order valence-electron chi connectivity index (χ3n) is 3.20. The highest BCUT2D eigenvalue weighted by atomic mass is 16.5. The summed E-state index contributed by atoms with van der Waals surface area (Å²) in [6, 6.07) is 0.176. The predicted octanol–water partition coefficient (Wildman–Crippen LogP) is 3.18. The van der Waals surface area contributed by atoms with Gasteiger partial charge >= 0.3 is 5.97 Å². The summed E-state index contributed by atoms with van der Waals surface area (Å²) in [5.74, 6) is -0.0938. The maximum absolute atomic E-state index is 11.4. The first-order chi connectivity index (χ1) is 8.30. The van der Waals surface area contributed by atoms with Crippen molar-refractivity contribution in [3.05, 3.63) is 11.6 Å². The van der Waals surface area contributed by atoms with Gasteiger partial charge in [0, 0.05) is 12.5 Å². The van der Waals surface area contributed by atoms with Gasteiger partial charge in [-0.25, -0.2) is 0 Å². The highest BCUT2D eigenvalue weighted by molar-refractivity contribution is 5.73. The van der Waals surface area contributed by atoms with E-state index < -0.39 is 0 Å². The molecule has 0 amide bonds.